The molecule has 0 aromatic heterocycles. The van der Waals surface area contributed by atoms with Crippen LogP contribution in [0.2, 0.25) is 0 Å². The van der Waals surface area contributed by atoms with E-state index < -0.39 is 0 Å². The minimum atomic E-state index is -0.242. The van der Waals surface area contributed by atoms with Crippen LogP contribution in [0.4, 0.5) is 0 Å². The molecule has 0 bridgehead atoms. The second-order valence-electron chi connectivity index (χ2n) is 3.16. The summed E-state index contributed by atoms with van der Waals surface area (Å²) in [6.07, 6.45) is 6.67. The smallest absolute Gasteiger partial charge is 0.135 e. The van der Waals surface area contributed by atoms with Crippen molar-refractivity contribution >= 4 is 5.78 Å². The van der Waals surface area contributed by atoms with Gasteiger partial charge in [0.1, 0.15) is 5.78 Å². The predicted octanol–water partition coefficient (Wildman–Crippen LogP) is 2.74. The average Bonchev–Trinajstić information content (AvgIpc) is 2.05. The van der Waals surface area contributed by atoms with Crippen molar-refractivity contribution < 1.29 is 9.90 Å². The van der Waals surface area contributed by atoms with E-state index in [9.17, 15) is 9.90 Å². The first-order chi connectivity index (χ1) is 5.81. The third kappa shape index (κ3) is 7.73. The van der Waals surface area contributed by atoms with Crippen LogP contribution in [-0.4, -0.2) is 12.4 Å². The van der Waals surface area contributed by atoms with E-state index in [4.69, 9.17) is 0 Å². The first-order valence-electron chi connectivity index (χ1n) is 4.91. The highest BCUT2D eigenvalue weighted by Gasteiger charge is 1.99. The number of Topliss-reactive ketones (excluding diaryl/α,β-unsaturated/α-hetero) is 1. The largest absolute Gasteiger partial charge is 0.300 e. The average molecular weight is 171 g/mol. The molecule has 0 aliphatic heterocycles. The number of hydrogen-bond donors (Lipinski definition) is 0. The Labute approximate surface area is 75.0 Å². The molecule has 0 heterocycles. The summed E-state index contributed by atoms with van der Waals surface area (Å²) in [5.74, 6) is 0.140. The van der Waals surface area contributed by atoms with E-state index in [1.54, 1.807) is 0 Å². The Bertz CT molecular complexity index is 110. The summed E-state index contributed by atoms with van der Waals surface area (Å²) in [5, 5.41) is 10.1. The van der Waals surface area contributed by atoms with E-state index in [2.05, 4.69) is 6.92 Å². The van der Waals surface area contributed by atoms with Gasteiger partial charge >= 0.3 is 0 Å². The van der Waals surface area contributed by atoms with E-state index in [1.807, 2.05) is 0 Å². The van der Waals surface area contributed by atoms with Crippen LogP contribution in [0.3, 0.4) is 0 Å². The number of hydrogen-bond acceptors (Lipinski definition) is 1. The normalized spacial score (nSPS) is 10.2. The van der Waals surface area contributed by atoms with Gasteiger partial charge in [0.2, 0.25) is 0 Å². The second-order valence-corrected chi connectivity index (χ2v) is 3.16. The molecular formula is C10H19O2. The van der Waals surface area contributed by atoms with E-state index in [1.165, 1.54) is 19.3 Å². The summed E-state index contributed by atoms with van der Waals surface area (Å²) < 4.78 is 0. The van der Waals surface area contributed by atoms with Gasteiger partial charge in [0.05, 0.1) is 6.61 Å². The summed E-state index contributed by atoms with van der Waals surface area (Å²) in [6, 6.07) is 0. The quantitative estimate of drug-likeness (QED) is 0.517. The molecule has 0 amide bonds. The predicted molar refractivity (Wildman–Crippen MR) is 48.6 cm³/mol. The highest BCUT2D eigenvalue weighted by atomic mass is 16.3. The van der Waals surface area contributed by atoms with Crippen LogP contribution in [-0.2, 0) is 9.90 Å². The van der Waals surface area contributed by atoms with Crippen molar-refractivity contribution in [3.63, 3.8) is 0 Å². The number of carbonyl (C=O) groups is 1. The molecule has 1 radical (unpaired) electrons. The Hall–Kier alpha value is -0.370. The summed E-state index contributed by atoms with van der Waals surface area (Å²) in [5.41, 5.74) is 0. The Morgan fingerprint density at radius 2 is 1.67 bits per heavy atom. The molecular weight excluding hydrogens is 152 g/mol. The molecule has 0 saturated heterocycles. The van der Waals surface area contributed by atoms with Gasteiger partial charge in [-0.1, -0.05) is 32.6 Å². The SMILES string of the molecule is CCCCCCCC(=O)CC[O]. The maximum atomic E-state index is 10.9. The lowest BCUT2D eigenvalue weighted by molar-refractivity contribution is -0.120. The molecule has 0 fully saturated rings. The standard InChI is InChI=1S/C10H19O2/c1-2-3-4-5-6-7-10(12)8-9-11/h2-9H2,1H3. The Kier molecular flexibility index (Phi) is 8.46. The van der Waals surface area contributed by atoms with Crippen LogP contribution in [0.25, 0.3) is 0 Å². The lowest BCUT2D eigenvalue weighted by Crippen LogP contribution is -1.99. The molecule has 0 N–H and O–H groups in total. The molecule has 2 heteroatoms. The molecule has 2 nitrogen and oxygen atoms in total. The van der Waals surface area contributed by atoms with Gasteiger partial charge in [-0.15, -0.1) is 0 Å². The fraction of sp³-hybridized carbons (Fsp3) is 0.900. The zero-order chi connectivity index (χ0) is 9.23. The third-order valence-electron chi connectivity index (χ3n) is 1.94. The topological polar surface area (TPSA) is 37.0 Å². The number of carbonyl (C=O) groups excluding carboxylic acids is 1. The minimum absolute atomic E-state index is 0.140. The maximum absolute atomic E-state index is 10.9. The molecule has 0 aliphatic carbocycles. The van der Waals surface area contributed by atoms with Gasteiger partial charge in [0.25, 0.3) is 0 Å². The first-order valence-corrected chi connectivity index (χ1v) is 4.91. The third-order valence-corrected chi connectivity index (χ3v) is 1.94. The molecule has 0 aromatic rings. The van der Waals surface area contributed by atoms with Crippen LogP contribution < -0.4 is 0 Å². The molecule has 0 saturated carbocycles. The van der Waals surface area contributed by atoms with E-state index in [0.29, 0.717) is 6.42 Å². The van der Waals surface area contributed by atoms with Crippen molar-refractivity contribution in [2.75, 3.05) is 6.61 Å². The summed E-state index contributed by atoms with van der Waals surface area (Å²) in [4.78, 5) is 10.9. The number of unbranched alkanes of at least 4 members (excludes halogenated alkanes) is 4. The van der Waals surface area contributed by atoms with Gasteiger partial charge in [-0.05, 0) is 6.42 Å². The minimum Gasteiger partial charge on any atom is -0.300 e. The lowest BCUT2D eigenvalue weighted by Gasteiger charge is -1.98. The van der Waals surface area contributed by atoms with Gasteiger partial charge in [-0.25, -0.2) is 5.11 Å². The molecule has 0 aromatic carbocycles. The van der Waals surface area contributed by atoms with Gasteiger partial charge in [0, 0.05) is 12.8 Å². The molecule has 12 heavy (non-hydrogen) atoms. The zero-order valence-electron chi connectivity index (χ0n) is 7.97. The van der Waals surface area contributed by atoms with Crippen LogP contribution >= 0.6 is 0 Å². The van der Waals surface area contributed by atoms with Crippen LogP contribution in [0.15, 0.2) is 0 Å². The molecule has 71 valence electrons. The Morgan fingerprint density at radius 3 is 2.25 bits per heavy atom. The van der Waals surface area contributed by atoms with Gasteiger partial charge < -0.3 is 0 Å². The van der Waals surface area contributed by atoms with Crippen molar-refractivity contribution in [1.29, 1.82) is 0 Å². The first kappa shape index (κ1) is 11.6. The Morgan fingerprint density at radius 1 is 1.00 bits per heavy atom. The molecule has 0 unspecified atom stereocenters. The van der Waals surface area contributed by atoms with E-state index in [0.717, 1.165) is 12.8 Å². The maximum Gasteiger partial charge on any atom is 0.135 e. The summed E-state index contributed by atoms with van der Waals surface area (Å²) >= 11 is 0. The lowest BCUT2D eigenvalue weighted by atomic mass is 10.1. The van der Waals surface area contributed by atoms with Crippen LogP contribution in [0.5, 0.6) is 0 Å². The van der Waals surface area contributed by atoms with Gasteiger partial charge in [0.15, 0.2) is 0 Å². The molecule has 0 aliphatic rings. The highest BCUT2D eigenvalue weighted by Crippen LogP contribution is 2.05. The number of ketones is 1. The molecule has 0 atom stereocenters. The van der Waals surface area contributed by atoms with Crippen molar-refractivity contribution in [2.45, 2.75) is 51.9 Å². The monoisotopic (exact) mass is 171 g/mol. The van der Waals surface area contributed by atoms with Crippen molar-refractivity contribution in [3.05, 3.63) is 0 Å². The fourth-order valence-corrected chi connectivity index (χ4v) is 1.16. The van der Waals surface area contributed by atoms with Gasteiger partial charge in [-0.3, -0.25) is 4.79 Å². The molecule has 0 rings (SSSR count). The van der Waals surface area contributed by atoms with Crippen LogP contribution in [0.1, 0.15) is 51.9 Å². The van der Waals surface area contributed by atoms with Crippen molar-refractivity contribution in [2.24, 2.45) is 0 Å². The summed E-state index contributed by atoms with van der Waals surface area (Å²) in [6.45, 7) is 1.93. The van der Waals surface area contributed by atoms with E-state index >= 15 is 0 Å². The van der Waals surface area contributed by atoms with Crippen molar-refractivity contribution in [3.8, 4) is 0 Å². The Balaban J connectivity index is 3.03. The van der Waals surface area contributed by atoms with E-state index in [-0.39, 0.29) is 18.8 Å². The van der Waals surface area contributed by atoms with Crippen molar-refractivity contribution in [1.82, 2.24) is 0 Å². The summed E-state index contributed by atoms with van der Waals surface area (Å²) in [7, 11) is 0. The zero-order valence-corrected chi connectivity index (χ0v) is 7.97. The second kappa shape index (κ2) is 8.72. The van der Waals surface area contributed by atoms with Gasteiger partial charge in [-0.2, -0.15) is 0 Å². The fourth-order valence-electron chi connectivity index (χ4n) is 1.16. The van der Waals surface area contributed by atoms with Crippen LogP contribution in [0, 0.1) is 0 Å². The molecule has 0 spiro atoms. The number of rotatable bonds is 8. The highest BCUT2D eigenvalue weighted by molar-refractivity contribution is 5.78.